The molecule has 1 atom stereocenters. The first-order valence-corrected chi connectivity index (χ1v) is 8.26. The maximum Gasteiger partial charge on any atom is 0.0736 e. The third-order valence-corrected chi connectivity index (χ3v) is 5.07. The third-order valence-electron chi connectivity index (χ3n) is 3.45. The van der Waals surface area contributed by atoms with Gasteiger partial charge in [-0.05, 0) is 30.6 Å². The van der Waals surface area contributed by atoms with Crippen LogP contribution in [0.3, 0.4) is 0 Å². The highest BCUT2D eigenvalue weighted by Gasteiger charge is 2.28. The predicted molar refractivity (Wildman–Crippen MR) is 84.9 cm³/mol. The van der Waals surface area contributed by atoms with Crippen molar-refractivity contribution in [2.75, 3.05) is 23.4 Å². The van der Waals surface area contributed by atoms with Crippen LogP contribution in [0.5, 0.6) is 0 Å². The summed E-state index contributed by atoms with van der Waals surface area (Å²) >= 11 is 2.06. The van der Waals surface area contributed by atoms with Gasteiger partial charge in [0, 0.05) is 29.7 Å². The van der Waals surface area contributed by atoms with Gasteiger partial charge in [-0.2, -0.15) is 11.8 Å². The van der Waals surface area contributed by atoms with E-state index >= 15 is 0 Å². The summed E-state index contributed by atoms with van der Waals surface area (Å²) in [6.45, 7) is 8.22. The smallest absolute Gasteiger partial charge is 0.0736 e. The lowest BCUT2D eigenvalue weighted by atomic mass is 9.87. The summed E-state index contributed by atoms with van der Waals surface area (Å²) in [4.78, 5) is 0. The van der Waals surface area contributed by atoms with Crippen LogP contribution in [-0.4, -0.2) is 24.2 Å². The van der Waals surface area contributed by atoms with Gasteiger partial charge in [0.05, 0.1) is 6.61 Å². The second kappa shape index (κ2) is 6.67. The molecule has 3 heteroatoms. The minimum absolute atomic E-state index is 0.440. The van der Waals surface area contributed by atoms with E-state index in [1.807, 2.05) is 6.92 Å². The molecule has 0 amide bonds. The van der Waals surface area contributed by atoms with E-state index in [4.69, 9.17) is 4.74 Å². The molecule has 2 nitrogen and oxygen atoms in total. The zero-order chi connectivity index (χ0) is 13.7. The SMILES string of the molecule is CCOCc1ccccc1NC1CSCC(C)(C)C1. The van der Waals surface area contributed by atoms with Crippen molar-refractivity contribution in [3.05, 3.63) is 29.8 Å². The van der Waals surface area contributed by atoms with Gasteiger partial charge in [0.1, 0.15) is 0 Å². The Kier molecular flexibility index (Phi) is 5.17. The van der Waals surface area contributed by atoms with Gasteiger partial charge in [0.2, 0.25) is 0 Å². The zero-order valence-corrected chi connectivity index (χ0v) is 13.1. The second-order valence-corrected chi connectivity index (χ2v) is 7.05. The Morgan fingerprint density at radius 1 is 1.37 bits per heavy atom. The predicted octanol–water partition coefficient (Wildman–Crippen LogP) is 4.17. The van der Waals surface area contributed by atoms with E-state index in [0.717, 1.165) is 6.61 Å². The lowest BCUT2D eigenvalue weighted by Gasteiger charge is -2.36. The molecule has 0 spiro atoms. The van der Waals surface area contributed by atoms with Crippen LogP contribution in [0.1, 0.15) is 32.8 Å². The monoisotopic (exact) mass is 279 g/mol. The zero-order valence-electron chi connectivity index (χ0n) is 12.2. The summed E-state index contributed by atoms with van der Waals surface area (Å²) in [5.74, 6) is 2.47. The van der Waals surface area contributed by atoms with Crippen LogP contribution in [0.2, 0.25) is 0 Å². The summed E-state index contributed by atoms with van der Waals surface area (Å²) in [7, 11) is 0. The number of hydrogen-bond acceptors (Lipinski definition) is 3. The molecular formula is C16H25NOS. The summed E-state index contributed by atoms with van der Waals surface area (Å²) in [6, 6.07) is 9.06. The normalized spacial score (nSPS) is 22.2. The van der Waals surface area contributed by atoms with Crippen molar-refractivity contribution in [2.24, 2.45) is 5.41 Å². The molecule has 1 saturated heterocycles. The molecule has 1 N–H and O–H groups in total. The van der Waals surface area contributed by atoms with Crippen LogP contribution in [0.15, 0.2) is 24.3 Å². The Morgan fingerprint density at radius 2 is 2.16 bits per heavy atom. The molecule has 0 aromatic heterocycles. The van der Waals surface area contributed by atoms with Gasteiger partial charge >= 0.3 is 0 Å². The number of thioether (sulfide) groups is 1. The van der Waals surface area contributed by atoms with E-state index in [-0.39, 0.29) is 0 Å². The van der Waals surface area contributed by atoms with Crippen molar-refractivity contribution in [3.63, 3.8) is 0 Å². The Morgan fingerprint density at radius 3 is 2.89 bits per heavy atom. The Hall–Kier alpha value is -0.670. The van der Waals surface area contributed by atoms with E-state index < -0.39 is 0 Å². The van der Waals surface area contributed by atoms with E-state index in [1.165, 1.54) is 29.2 Å². The standard InChI is InChI=1S/C16H25NOS/c1-4-18-10-13-7-5-6-8-15(13)17-14-9-16(2,3)12-19-11-14/h5-8,14,17H,4,9-12H2,1-3H3. The van der Waals surface area contributed by atoms with E-state index in [9.17, 15) is 0 Å². The number of hydrogen-bond donors (Lipinski definition) is 1. The van der Waals surface area contributed by atoms with Crippen molar-refractivity contribution >= 4 is 17.4 Å². The summed E-state index contributed by atoms with van der Waals surface area (Å²) in [5.41, 5.74) is 2.94. The van der Waals surface area contributed by atoms with Gasteiger partial charge in [-0.3, -0.25) is 0 Å². The number of anilines is 1. The minimum Gasteiger partial charge on any atom is -0.381 e. The van der Waals surface area contributed by atoms with Crippen LogP contribution < -0.4 is 5.32 Å². The number of ether oxygens (including phenoxy) is 1. The fourth-order valence-corrected chi connectivity index (χ4v) is 3.85. The Balaban J connectivity index is 2.02. The van der Waals surface area contributed by atoms with E-state index in [2.05, 4.69) is 55.2 Å². The quantitative estimate of drug-likeness (QED) is 0.874. The topological polar surface area (TPSA) is 21.3 Å². The van der Waals surface area contributed by atoms with Crippen molar-refractivity contribution in [2.45, 2.75) is 39.8 Å². The van der Waals surface area contributed by atoms with Crippen molar-refractivity contribution < 1.29 is 4.74 Å². The molecule has 1 fully saturated rings. The molecule has 0 aliphatic carbocycles. The average Bonchev–Trinajstić information content (AvgIpc) is 2.36. The highest BCUT2D eigenvalue weighted by molar-refractivity contribution is 7.99. The van der Waals surface area contributed by atoms with Gasteiger partial charge < -0.3 is 10.1 Å². The maximum atomic E-state index is 5.55. The number of nitrogens with one attached hydrogen (secondary N) is 1. The highest BCUT2D eigenvalue weighted by Crippen LogP contribution is 2.35. The number of rotatable bonds is 5. The van der Waals surface area contributed by atoms with Crippen LogP contribution in [0.4, 0.5) is 5.69 Å². The average molecular weight is 279 g/mol. The molecule has 0 saturated carbocycles. The van der Waals surface area contributed by atoms with Gasteiger partial charge in [-0.15, -0.1) is 0 Å². The summed E-state index contributed by atoms with van der Waals surface area (Å²) < 4.78 is 5.55. The Labute approximate surface area is 121 Å². The minimum atomic E-state index is 0.440. The van der Waals surface area contributed by atoms with Gasteiger partial charge in [-0.1, -0.05) is 32.0 Å². The molecule has 1 unspecified atom stereocenters. The molecule has 1 aliphatic heterocycles. The second-order valence-electron chi connectivity index (χ2n) is 6.02. The lowest BCUT2D eigenvalue weighted by molar-refractivity contribution is 0.134. The van der Waals surface area contributed by atoms with Gasteiger partial charge in [0.25, 0.3) is 0 Å². The fraction of sp³-hybridized carbons (Fsp3) is 0.625. The molecule has 1 aromatic carbocycles. The van der Waals surface area contributed by atoms with Gasteiger partial charge in [-0.25, -0.2) is 0 Å². The molecule has 19 heavy (non-hydrogen) atoms. The Bertz CT molecular complexity index is 405. The summed E-state index contributed by atoms with van der Waals surface area (Å²) in [5, 5.41) is 3.71. The molecule has 1 aliphatic rings. The number of para-hydroxylation sites is 1. The third kappa shape index (κ3) is 4.43. The fourth-order valence-electron chi connectivity index (χ4n) is 2.57. The van der Waals surface area contributed by atoms with Crippen LogP contribution in [0.25, 0.3) is 0 Å². The van der Waals surface area contributed by atoms with E-state index in [0.29, 0.717) is 18.1 Å². The molecule has 1 aromatic rings. The van der Waals surface area contributed by atoms with Crippen LogP contribution in [0, 0.1) is 5.41 Å². The first-order valence-electron chi connectivity index (χ1n) is 7.10. The largest absolute Gasteiger partial charge is 0.381 e. The molecule has 106 valence electrons. The van der Waals surface area contributed by atoms with Crippen molar-refractivity contribution in [1.29, 1.82) is 0 Å². The number of benzene rings is 1. The van der Waals surface area contributed by atoms with Crippen molar-refractivity contribution in [1.82, 2.24) is 0 Å². The molecule has 0 bridgehead atoms. The first-order chi connectivity index (χ1) is 9.11. The lowest BCUT2D eigenvalue weighted by Crippen LogP contribution is -2.35. The molecular weight excluding hydrogens is 254 g/mol. The van der Waals surface area contributed by atoms with E-state index in [1.54, 1.807) is 0 Å². The summed E-state index contributed by atoms with van der Waals surface area (Å²) in [6.07, 6.45) is 1.24. The van der Waals surface area contributed by atoms with Crippen molar-refractivity contribution in [3.8, 4) is 0 Å². The van der Waals surface area contributed by atoms with Gasteiger partial charge in [0.15, 0.2) is 0 Å². The van der Waals surface area contributed by atoms with Crippen LogP contribution >= 0.6 is 11.8 Å². The molecule has 1 heterocycles. The maximum absolute atomic E-state index is 5.55. The molecule has 2 rings (SSSR count). The first kappa shape index (κ1) is 14.7. The highest BCUT2D eigenvalue weighted by atomic mass is 32.2. The molecule has 0 radical (unpaired) electrons. The van der Waals surface area contributed by atoms with Crippen LogP contribution in [-0.2, 0) is 11.3 Å².